The standard InChI is InChI=1S/C26H26F3N5O3S/c1-12-19(34-38(36,37)21-11-13(27)10-17-14(21)4-7-20(17)35)6-5-18(28)22(12)15-2-3-16(24(30)23(15)29)25(31)26-32-8-9-33-26/h2-3,5-6,10-11,25-26,32-34H,4,7-9,30-31H2,1H3. The molecular weight excluding hydrogens is 519 g/mol. The summed E-state index contributed by atoms with van der Waals surface area (Å²) in [5.74, 6) is -2.89. The van der Waals surface area contributed by atoms with Gasteiger partial charge in [0, 0.05) is 36.2 Å². The summed E-state index contributed by atoms with van der Waals surface area (Å²) in [7, 11) is -4.38. The molecule has 8 nitrogen and oxygen atoms in total. The molecule has 200 valence electrons. The van der Waals surface area contributed by atoms with Gasteiger partial charge in [0.1, 0.15) is 11.6 Å². The minimum Gasteiger partial charge on any atom is -0.396 e. The first-order chi connectivity index (χ1) is 18.0. The maximum absolute atomic E-state index is 15.5. The van der Waals surface area contributed by atoms with E-state index in [9.17, 15) is 17.6 Å². The van der Waals surface area contributed by atoms with Crippen molar-refractivity contribution in [2.75, 3.05) is 23.5 Å². The molecule has 1 heterocycles. The van der Waals surface area contributed by atoms with Crippen LogP contribution in [-0.2, 0) is 16.4 Å². The number of nitrogens with two attached hydrogens (primary N) is 2. The van der Waals surface area contributed by atoms with Crippen molar-refractivity contribution in [3.8, 4) is 11.1 Å². The van der Waals surface area contributed by atoms with E-state index in [0.29, 0.717) is 18.7 Å². The van der Waals surface area contributed by atoms with Gasteiger partial charge >= 0.3 is 0 Å². The van der Waals surface area contributed by atoms with Gasteiger partial charge in [-0.2, -0.15) is 0 Å². The predicted octanol–water partition coefficient (Wildman–Crippen LogP) is 3.11. The number of Topliss-reactive ketones (excluding diaryl/α,β-unsaturated/α-hetero) is 1. The first kappa shape index (κ1) is 26.2. The Hall–Kier alpha value is -3.45. The molecule has 3 aromatic rings. The van der Waals surface area contributed by atoms with E-state index in [4.69, 9.17) is 11.5 Å². The van der Waals surface area contributed by atoms with Gasteiger partial charge in [-0.3, -0.25) is 20.2 Å². The second-order valence-corrected chi connectivity index (χ2v) is 11.0. The zero-order valence-corrected chi connectivity index (χ0v) is 21.2. The second kappa shape index (κ2) is 9.70. The lowest BCUT2D eigenvalue weighted by Crippen LogP contribution is -2.42. The summed E-state index contributed by atoms with van der Waals surface area (Å²) in [6, 6.07) is 6.27. The minimum atomic E-state index is -4.38. The fraction of sp³-hybridized carbons (Fsp3) is 0.269. The number of fused-ring (bicyclic) bond motifs is 1. The summed E-state index contributed by atoms with van der Waals surface area (Å²) in [6.07, 6.45) is -0.0735. The van der Waals surface area contributed by atoms with Crippen molar-refractivity contribution in [2.24, 2.45) is 5.73 Å². The first-order valence-corrected chi connectivity index (χ1v) is 13.5. The van der Waals surface area contributed by atoms with E-state index < -0.39 is 33.5 Å². The lowest BCUT2D eigenvalue weighted by Gasteiger charge is -2.23. The molecule has 38 heavy (non-hydrogen) atoms. The van der Waals surface area contributed by atoms with Gasteiger partial charge in [-0.05, 0) is 54.3 Å². The summed E-state index contributed by atoms with van der Waals surface area (Å²) in [4.78, 5) is 11.7. The lowest BCUT2D eigenvalue weighted by molar-refractivity contribution is 0.0994. The first-order valence-electron chi connectivity index (χ1n) is 12.0. The average Bonchev–Trinajstić information content (AvgIpc) is 3.53. The summed E-state index contributed by atoms with van der Waals surface area (Å²) < 4.78 is 73.6. The lowest BCUT2D eigenvalue weighted by atomic mass is 9.94. The molecule has 0 radical (unpaired) electrons. The number of benzene rings is 3. The van der Waals surface area contributed by atoms with Crippen LogP contribution in [0.3, 0.4) is 0 Å². The maximum Gasteiger partial charge on any atom is 0.262 e. The van der Waals surface area contributed by atoms with Crippen molar-refractivity contribution in [3.05, 3.63) is 76.1 Å². The molecule has 0 amide bonds. The van der Waals surface area contributed by atoms with E-state index in [-0.39, 0.29) is 68.9 Å². The van der Waals surface area contributed by atoms with Gasteiger partial charge in [0.15, 0.2) is 11.6 Å². The van der Waals surface area contributed by atoms with Gasteiger partial charge < -0.3 is 11.5 Å². The fourth-order valence-corrected chi connectivity index (χ4v) is 6.53. The number of halogens is 3. The molecule has 0 saturated carbocycles. The van der Waals surface area contributed by atoms with Gasteiger partial charge in [0.05, 0.1) is 28.5 Å². The van der Waals surface area contributed by atoms with Gasteiger partial charge in [-0.25, -0.2) is 21.6 Å². The summed E-state index contributed by atoms with van der Waals surface area (Å²) in [5, 5.41) is 6.30. The highest BCUT2D eigenvalue weighted by Gasteiger charge is 2.31. The van der Waals surface area contributed by atoms with Crippen LogP contribution in [0.15, 0.2) is 41.3 Å². The van der Waals surface area contributed by atoms with Crippen molar-refractivity contribution in [1.82, 2.24) is 10.6 Å². The van der Waals surface area contributed by atoms with Crippen molar-refractivity contribution in [2.45, 2.75) is 36.9 Å². The molecule has 7 N–H and O–H groups in total. The normalized spacial score (nSPS) is 16.6. The van der Waals surface area contributed by atoms with Crippen LogP contribution in [0.1, 0.15) is 39.5 Å². The Bertz CT molecular complexity index is 1570. The maximum atomic E-state index is 15.5. The molecule has 12 heteroatoms. The van der Waals surface area contributed by atoms with Crippen LogP contribution >= 0.6 is 0 Å². The monoisotopic (exact) mass is 545 g/mol. The quantitative estimate of drug-likeness (QED) is 0.300. The molecular formula is C26H26F3N5O3S. The molecule has 1 saturated heterocycles. The van der Waals surface area contributed by atoms with Crippen LogP contribution in [0.4, 0.5) is 24.5 Å². The Labute approximate surface area is 217 Å². The molecule has 0 bridgehead atoms. The number of rotatable bonds is 6. The van der Waals surface area contributed by atoms with E-state index in [1.807, 2.05) is 0 Å². The fourth-order valence-electron chi connectivity index (χ4n) is 5.10. The number of nitrogens with one attached hydrogen (secondary N) is 3. The van der Waals surface area contributed by atoms with E-state index in [1.165, 1.54) is 25.1 Å². The van der Waals surface area contributed by atoms with Crippen molar-refractivity contribution in [1.29, 1.82) is 0 Å². The Morgan fingerprint density at radius 1 is 1.03 bits per heavy atom. The highest BCUT2D eigenvalue weighted by molar-refractivity contribution is 7.92. The highest BCUT2D eigenvalue weighted by Crippen LogP contribution is 2.38. The SMILES string of the molecule is Cc1c(NS(=O)(=O)c2cc(F)cc3c2CCC3=O)ccc(F)c1-c1ccc(C(N)C2NCCN2)c(N)c1F. The third-order valence-electron chi connectivity index (χ3n) is 7.08. The number of hydrogen-bond donors (Lipinski definition) is 5. The summed E-state index contributed by atoms with van der Waals surface area (Å²) >= 11 is 0. The molecule has 2 aliphatic rings. The average molecular weight is 546 g/mol. The van der Waals surface area contributed by atoms with Crippen LogP contribution in [0, 0.1) is 24.4 Å². The number of nitrogen functional groups attached to an aromatic ring is 1. The van der Waals surface area contributed by atoms with Gasteiger partial charge in [0.25, 0.3) is 10.0 Å². The molecule has 5 rings (SSSR count). The molecule has 0 aromatic heterocycles. The topological polar surface area (TPSA) is 139 Å². The molecule has 1 fully saturated rings. The molecule has 1 atom stereocenters. The Kier molecular flexibility index (Phi) is 6.68. The van der Waals surface area contributed by atoms with Crippen molar-refractivity contribution in [3.63, 3.8) is 0 Å². The zero-order valence-electron chi connectivity index (χ0n) is 20.4. The summed E-state index contributed by atoms with van der Waals surface area (Å²) in [6.45, 7) is 2.82. The molecule has 1 unspecified atom stereocenters. The van der Waals surface area contributed by atoms with Crippen LogP contribution < -0.4 is 26.8 Å². The number of carbonyl (C=O) groups is 1. The van der Waals surface area contributed by atoms with Crippen LogP contribution in [0.2, 0.25) is 0 Å². The molecule has 1 aliphatic carbocycles. The number of carbonyl (C=O) groups excluding carboxylic acids is 1. The van der Waals surface area contributed by atoms with Crippen molar-refractivity contribution >= 4 is 27.2 Å². The van der Waals surface area contributed by atoms with Crippen molar-refractivity contribution < 1.29 is 26.4 Å². The highest BCUT2D eigenvalue weighted by atomic mass is 32.2. The van der Waals surface area contributed by atoms with Crippen LogP contribution in [0.25, 0.3) is 11.1 Å². The number of ketones is 1. The Morgan fingerprint density at radius 2 is 1.74 bits per heavy atom. The largest absolute Gasteiger partial charge is 0.396 e. The van der Waals surface area contributed by atoms with Crippen LogP contribution in [-0.4, -0.2) is 33.5 Å². The van der Waals surface area contributed by atoms with Gasteiger partial charge in [0.2, 0.25) is 0 Å². The van der Waals surface area contributed by atoms with Gasteiger partial charge in [-0.15, -0.1) is 0 Å². The molecule has 1 aliphatic heterocycles. The minimum absolute atomic E-state index is 0.0285. The Morgan fingerprint density at radius 3 is 2.45 bits per heavy atom. The third-order valence-corrected chi connectivity index (χ3v) is 8.51. The number of hydrogen-bond acceptors (Lipinski definition) is 7. The predicted molar refractivity (Wildman–Crippen MR) is 138 cm³/mol. The van der Waals surface area contributed by atoms with E-state index in [2.05, 4.69) is 15.4 Å². The summed E-state index contributed by atoms with van der Waals surface area (Å²) in [5.41, 5.74) is 12.4. The van der Waals surface area contributed by atoms with E-state index >= 15 is 8.78 Å². The number of anilines is 2. The second-order valence-electron chi connectivity index (χ2n) is 9.40. The van der Waals surface area contributed by atoms with E-state index in [1.54, 1.807) is 0 Å². The van der Waals surface area contributed by atoms with Gasteiger partial charge in [-0.1, -0.05) is 12.1 Å². The van der Waals surface area contributed by atoms with E-state index in [0.717, 1.165) is 18.2 Å². The smallest absolute Gasteiger partial charge is 0.262 e. The van der Waals surface area contributed by atoms with Crippen LogP contribution in [0.5, 0.6) is 0 Å². The molecule has 0 spiro atoms. The Balaban J connectivity index is 1.53. The molecule has 3 aromatic carbocycles. The third kappa shape index (κ3) is 4.43. The zero-order chi connectivity index (χ0) is 27.4. The number of sulfonamides is 1.